The van der Waals surface area contributed by atoms with Gasteiger partial charge in [0.05, 0.1) is 11.2 Å². The van der Waals surface area contributed by atoms with Crippen LogP contribution in [0.3, 0.4) is 0 Å². The fraction of sp³-hybridized carbons (Fsp3) is 0.450. The first-order chi connectivity index (χ1) is 13.2. The van der Waals surface area contributed by atoms with Crippen LogP contribution in [0.5, 0.6) is 5.75 Å². The molecule has 3 heterocycles. The van der Waals surface area contributed by atoms with Crippen molar-refractivity contribution in [3.05, 3.63) is 30.6 Å². The number of ether oxygens (including phenoxy) is 1. The lowest BCUT2D eigenvalue weighted by Crippen LogP contribution is -2.26. The minimum absolute atomic E-state index is 0.0359. The molecule has 1 aromatic carbocycles. The predicted molar refractivity (Wildman–Crippen MR) is 105 cm³/mol. The number of aromatic amines is 1. The van der Waals surface area contributed by atoms with Crippen LogP contribution in [0.15, 0.2) is 30.6 Å². The van der Waals surface area contributed by atoms with Gasteiger partial charge >= 0.3 is 0 Å². The Morgan fingerprint density at radius 3 is 2.93 bits per heavy atom. The summed E-state index contributed by atoms with van der Waals surface area (Å²) in [5.41, 5.74) is 8.68. The van der Waals surface area contributed by atoms with Crippen LogP contribution in [0.2, 0.25) is 0 Å². The number of H-pyrrole nitrogens is 1. The number of anilines is 1. The van der Waals surface area contributed by atoms with E-state index in [1.54, 1.807) is 6.33 Å². The molecule has 0 spiro atoms. The Hall–Kier alpha value is -2.67. The Bertz CT molecular complexity index is 980. The normalized spacial score (nSPS) is 21.0. The zero-order valence-electron chi connectivity index (χ0n) is 15.5. The highest BCUT2D eigenvalue weighted by molar-refractivity contribution is 5.93. The summed E-state index contributed by atoms with van der Waals surface area (Å²) in [5.74, 6) is 1.80. The molecular formula is C20H24N6O. The second-order valence-electron chi connectivity index (χ2n) is 7.67. The number of nitrogens with zero attached hydrogens (tertiary/aromatic N) is 4. The average Bonchev–Trinajstić information content (AvgIpc) is 3.12. The van der Waals surface area contributed by atoms with Crippen molar-refractivity contribution in [1.82, 2.24) is 20.2 Å². The van der Waals surface area contributed by atoms with E-state index in [0.717, 1.165) is 72.6 Å². The maximum Gasteiger partial charge on any atom is 0.132 e. The molecule has 140 valence electrons. The van der Waals surface area contributed by atoms with E-state index in [4.69, 9.17) is 10.5 Å². The Labute approximate surface area is 157 Å². The Balaban J connectivity index is 1.49. The van der Waals surface area contributed by atoms with Gasteiger partial charge in [-0.2, -0.15) is 5.10 Å². The molecule has 7 nitrogen and oxygen atoms in total. The summed E-state index contributed by atoms with van der Waals surface area (Å²) in [7, 11) is 0. The monoisotopic (exact) mass is 364 g/mol. The first-order valence-corrected chi connectivity index (χ1v) is 9.66. The lowest BCUT2D eigenvalue weighted by molar-refractivity contribution is 0.175. The third kappa shape index (κ3) is 3.02. The third-order valence-electron chi connectivity index (χ3n) is 5.76. The molecular weight excluding hydrogens is 340 g/mol. The Kier molecular flexibility index (Phi) is 3.79. The maximum absolute atomic E-state index is 6.25. The molecule has 2 fully saturated rings. The lowest BCUT2D eigenvalue weighted by atomic mass is 10.1. The van der Waals surface area contributed by atoms with E-state index in [1.165, 1.54) is 0 Å². The quantitative estimate of drug-likeness (QED) is 0.723. The maximum atomic E-state index is 6.25. The van der Waals surface area contributed by atoms with Gasteiger partial charge in [0.2, 0.25) is 0 Å². The molecule has 27 heavy (non-hydrogen) atoms. The Morgan fingerprint density at radius 2 is 2.19 bits per heavy atom. The molecule has 1 atom stereocenters. The molecule has 2 aromatic heterocycles. The molecule has 2 aliphatic rings. The average molecular weight is 364 g/mol. The molecule has 1 saturated heterocycles. The van der Waals surface area contributed by atoms with Gasteiger partial charge in [0.25, 0.3) is 0 Å². The molecule has 0 radical (unpaired) electrons. The second kappa shape index (κ2) is 6.20. The van der Waals surface area contributed by atoms with Gasteiger partial charge in [-0.15, -0.1) is 0 Å². The van der Waals surface area contributed by atoms with Crippen LogP contribution < -0.4 is 15.4 Å². The molecule has 1 saturated carbocycles. The summed E-state index contributed by atoms with van der Waals surface area (Å²) >= 11 is 0. The number of nitrogens with two attached hydrogens (primary N) is 1. The topological polar surface area (TPSA) is 93.0 Å². The van der Waals surface area contributed by atoms with Crippen LogP contribution in [0.1, 0.15) is 32.6 Å². The van der Waals surface area contributed by atoms with Gasteiger partial charge in [0, 0.05) is 30.6 Å². The predicted octanol–water partition coefficient (Wildman–Crippen LogP) is 2.88. The number of rotatable bonds is 5. The van der Waals surface area contributed by atoms with Crippen molar-refractivity contribution in [2.45, 2.75) is 44.2 Å². The minimum Gasteiger partial charge on any atom is -0.487 e. The zero-order chi connectivity index (χ0) is 18.4. The number of hydrogen-bond acceptors (Lipinski definition) is 6. The van der Waals surface area contributed by atoms with Gasteiger partial charge in [0.15, 0.2) is 0 Å². The summed E-state index contributed by atoms with van der Waals surface area (Å²) in [6.45, 7) is 3.94. The number of aromatic nitrogens is 4. The van der Waals surface area contributed by atoms with Gasteiger partial charge in [-0.1, -0.05) is 6.92 Å². The van der Waals surface area contributed by atoms with Crippen molar-refractivity contribution in [3.8, 4) is 17.1 Å². The van der Waals surface area contributed by atoms with E-state index < -0.39 is 0 Å². The van der Waals surface area contributed by atoms with Crippen molar-refractivity contribution in [3.63, 3.8) is 0 Å². The fourth-order valence-corrected chi connectivity index (χ4v) is 3.81. The van der Waals surface area contributed by atoms with Crippen molar-refractivity contribution >= 4 is 16.7 Å². The third-order valence-corrected chi connectivity index (χ3v) is 5.76. The van der Waals surface area contributed by atoms with Crippen molar-refractivity contribution < 1.29 is 4.74 Å². The van der Waals surface area contributed by atoms with E-state index in [0.29, 0.717) is 0 Å². The van der Waals surface area contributed by atoms with Crippen LogP contribution in [0, 0.1) is 0 Å². The Morgan fingerprint density at radius 1 is 1.30 bits per heavy atom. The van der Waals surface area contributed by atoms with Gasteiger partial charge < -0.3 is 15.4 Å². The first-order valence-electron chi connectivity index (χ1n) is 9.66. The molecule has 5 rings (SSSR count). The summed E-state index contributed by atoms with van der Waals surface area (Å²) < 4.78 is 6.25. The van der Waals surface area contributed by atoms with Crippen molar-refractivity contribution in [2.75, 3.05) is 18.0 Å². The largest absolute Gasteiger partial charge is 0.487 e. The van der Waals surface area contributed by atoms with E-state index in [2.05, 4.69) is 38.1 Å². The van der Waals surface area contributed by atoms with Gasteiger partial charge in [-0.05, 0) is 43.9 Å². The summed E-state index contributed by atoms with van der Waals surface area (Å²) in [4.78, 5) is 11.1. The lowest BCUT2D eigenvalue weighted by Gasteiger charge is -2.17. The fourth-order valence-electron chi connectivity index (χ4n) is 3.81. The zero-order valence-corrected chi connectivity index (χ0v) is 15.5. The molecule has 1 aliphatic carbocycles. The van der Waals surface area contributed by atoms with Crippen molar-refractivity contribution in [2.24, 2.45) is 5.73 Å². The number of nitrogens with one attached hydrogen (secondary N) is 1. The highest BCUT2D eigenvalue weighted by atomic mass is 16.5. The van der Waals surface area contributed by atoms with Gasteiger partial charge in [-0.3, -0.25) is 5.10 Å². The van der Waals surface area contributed by atoms with Crippen LogP contribution >= 0.6 is 0 Å². The standard InChI is InChI=1S/C20H24N6O/c1-2-20(6-7-20)27-14-3-4-16-15(9-14)19(25-24-16)17-10-18(23-12-22-17)26-8-5-13(21)11-26/h3-4,9-10,12-13H,2,5-8,11,21H2,1H3,(H,24,25)/t13-/m0/s1. The number of hydrogen-bond donors (Lipinski definition) is 2. The van der Waals surface area contributed by atoms with Gasteiger partial charge in [0.1, 0.15) is 29.2 Å². The molecule has 0 amide bonds. The highest BCUT2D eigenvalue weighted by Crippen LogP contribution is 2.43. The molecule has 3 N–H and O–H groups in total. The summed E-state index contributed by atoms with van der Waals surface area (Å²) in [6.07, 6.45) is 5.90. The van der Waals surface area contributed by atoms with E-state index >= 15 is 0 Å². The molecule has 0 bridgehead atoms. The van der Waals surface area contributed by atoms with Crippen LogP contribution in [0.25, 0.3) is 22.3 Å². The molecule has 0 unspecified atom stereocenters. The van der Waals surface area contributed by atoms with Crippen LogP contribution in [0.4, 0.5) is 5.82 Å². The summed E-state index contributed by atoms with van der Waals surface area (Å²) in [6, 6.07) is 8.31. The van der Waals surface area contributed by atoms with E-state index in [9.17, 15) is 0 Å². The summed E-state index contributed by atoms with van der Waals surface area (Å²) in [5, 5.41) is 8.63. The smallest absolute Gasteiger partial charge is 0.132 e. The molecule has 3 aromatic rings. The number of fused-ring (bicyclic) bond motifs is 1. The first kappa shape index (κ1) is 16.5. The van der Waals surface area contributed by atoms with Crippen LogP contribution in [-0.2, 0) is 0 Å². The minimum atomic E-state index is 0.0359. The second-order valence-corrected chi connectivity index (χ2v) is 7.67. The van der Waals surface area contributed by atoms with Crippen LogP contribution in [-0.4, -0.2) is 44.9 Å². The number of benzene rings is 1. The van der Waals surface area contributed by atoms with Gasteiger partial charge in [-0.25, -0.2) is 9.97 Å². The highest BCUT2D eigenvalue weighted by Gasteiger charge is 2.43. The van der Waals surface area contributed by atoms with Crippen molar-refractivity contribution in [1.29, 1.82) is 0 Å². The molecule has 1 aliphatic heterocycles. The molecule has 7 heteroatoms. The SMILES string of the molecule is CCC1(Oc2ccc3[nH]nc(-c4cc(N5CC[C@H](N)C5)ncn4)c3c2)CC1. The van der Waals surface area contributed by atoms with E-state index in [-0.39, 0.29) is 11.6 Å². The van der Waals surface area contributed by atoms with E-state index in [1.807, 2.05) is 18.2 Å².